The summed E-state index contributed by atoms with van der Waals surface area (Å²) in [5, 5.41) is 0. The lowest BCUT2D eigenvalue weighted by Crippen LogP contribution is -2.30. The average molecular weight is 202 g/mol. The second-order valence-electron chi connectivity index (χ2n) is 3.69. The summed E-state index contributed by atoms with van der Waals surface area (Å²) in [7, 11) is 5.82. The molecule has 0 saturated heterocycles. The van der Waals surface area contributed by atoms with Crippen LogP contribution in [0, 0.1) is 0 Å². The number of carbonyl (C=O) groups excluding carboxylic acids is 1. The van der Waals surface area contributed by atoms with E-state index < -0.39 is 0 Å². The highest BCUT2D eigenvalue weighted by molar-refractivity contribution is 5.67. The highest BCUT2D eigenvalue weighted by Gasteiger charge is 2.08. The van der Waals surface area contributed by atoms with E-state index in [4.69, 9.17) is 4.74 Å². The van der Waals surface area contributed by atoms with Crippen molar-refractivity contribution >= 4 is 6.09 Å². The van der Waals surface area contributed by atoms with Crippen LogP contribution in [0.2, 0.25) is 0 Å². The lowest BCUT2D eigenvalue weighted by Gasteiger charge is -2.17. The van der Waals surface area contributed by atoms with Crippen molar-refractivity contribution in [1.82, 2.24) is 9.80 Å². The first-order chi connectivity index (χ1) is 6.57. The van der Waals surface area contributed by atoms with Gasteiger partial charge in [-0.25, -0.2) is 4.79 Å². The lowest BCUT2D eigenvalue weighted by molar-refractivity contribution is 0.110. The fourth-order valence-electron chi connectivity index (χ4n) is 1.01. The molecule has 0 spiro atoms. The van der Waals surface area contributed by atoms with Gasteiger partial charge in [0.25, 0.3) is 0 Å². The van der Waals surface area contributed by atoms with Gasteiger partial charge in [0.1, 0.15) is 0 Å². The van der Waals surface area contributed by atoms with Crippen molar-refractivity contribution in [3.8, 4) is 0 Å². The molecule has 0 rings (SSSR count). The Kier molecular flexibility index (Phi) is 7.20. The molecule has 0 aromatic rings. The summed E-state index contributed by atoms with van der Waals surface area (Å²) in [6.45, 7) is 4.24. The van der Waals surface area contributed by atoms with E-state index in [1.165, 1.54) is 0 Å². The van der Waals surface area contributed by atoms with Crippen LogP contribution in [0.4, 0.5) is 4.79 Å². The summed E-state index contributed by atoms with van der Waals surface area (Å²) < 4.78 is 4.98. The molecular weight excluding hydrogens is 180 g/mol. The normalized spacial score (nSPS) is 10.4. The molecule has 0 radical (unpaired) electrons. The van der Waals surface area contributed by atoms with E-state index in [-0.39, 0.29) is 6.09 Å². The highest BCUT2D eigenvalue weighted by Crippen LogP contribution is 1.94. The van der Waals surface area contributed by atoms with E-state index in [1.807, 2.05) is 21.0 Å². The van der Waals surface area contributed by atoms with Crippen LogP contribution < -0.4 is 0 Å². The quantitative estimate of drug-likeness (QED) is 0.653. The number of ether oxygens (including phenoxy) is 1. The Morgan fingerprint density at radius 1 is 1.21 bits per heavy atom. The van der Waals surface area contributed by atoms with Crippen LogP contribution in [0.15, 0.2) is 0 Å². The zero-order chi connectivity index (χ0) is 11.0. The molecule has 14 heavy (non-hydrogen) atoms. The molecule has 0 heterocycles. The molecule has 84 valence electrons. The van der Waals surface area contributed by atoms with E-state index in [9.17, 15) is 4.79 Å². The largest absolute Gasteiger partial charge is 0.449 e. The smallest absolute Gasteiger partial charge is 0.409 e. The summed E-state index contributed by atoms with van der Waals surface area (Å²) >= 11 is 0. The summed E-state index contributed by atoms with van der Waals surface area (Å²) in [6, 6.07) is 0. The van der Waals surface area contributed by atoms with Crippen molar-refractivity contribution in [2.75, 3.05) is 40.8 Å². The third kappa shape index (κ3) is 6.71. The maximum atomic E-state index is 11.3. The molecular formula is C10H22N2O2. The fourth-order valence-corrected chi connectivity index (χ4v) is 1.01. The van der Waals surface area contributed by atoms with Crippen molar-refractivity contribution < 1.29 is 9.53 Å². The Morgan fingerprint density at radius 2 is 1.86 bits per heavy atom. The minimum absolute atomic E-state index is 0.217. The number of amides is 1. The van der Waals surface area contributed by atoms with Gasteiger partial charge in [-0.15, -0.1) is 0 Å². The molecule has 4 heteroatoms. The summed E-state index contributed by atoms with van der Waals surface area (Å²) in [5.41, 5.74) is 0. The Balaban J connectivity index is 3.51. The highest BCUT2D eigenvalue weighted by atomic mass is 16.6. The Hall–Kier alpha value is -0.770. The van der Waals surface area contributed by atoms with Gasteiger partial charge >= 0.3 is 6.09 Å². The number of hydrogen-bond acceptors (Lipinski definition) is 3. The first-order valence-corrected chi connectivity index (χ1v) is 5.10. The number of hydrogen-bond donors (Lipinski definition) is 0. The monoisotopic (exact) mass is 202 g/mol. The van der Waals surface area contributed by atoms with E-state index in [2.05, 4.69) is 4.90 Å². The molecule has 1 amide bonds. The summed E-state index contributed by atoms with van der Waals surface area (Å²) in [6.07, 6.45) is 1.63. The second-order valence-corrected chi connectivity index (χ2v) is 3.69. The van der Waals surface area contributed by atoms with Gasteiger partial charge in [-0.1, -0.05) is 6.92 Å². The predicted molar refractivity (Wildman–Crippen MR) is 57.4 cm³/mol. The van der Waals surface area contributed by atoms with E-state index in [1.54, 1.807) is 11.9 Å². The molecule has 0 aliphatic carbocycles. The van der Waals surface area contributed by atoms with Crippen molar-refractivity contribution in [3.05, 3.63) is 0 Å². The topological polar surface area (TPSA) is 32.8 Å². The van der Waals surface area contributed by atoms with Crippen LogP contribution in [0.3, 0.4) is 0 Å². The molecule has 4 nitrogen and oxygen atoms in total. The number of nitrogens with zero attached hydrogens (tertiary/aromatic N) is 2. The van der Waals surface area contributed by atoms with Gasteiger partial charge in [-0.2, -0.15) is 0 Å². The minimum atomic E-state index is -0.217. The van der Waals surface area contributed by atoms with Crippen LogP contribution in [0.25, 0.3) is 0 Å². The van der Waals surface area contributed by atoms with E-state index in [0.29, 0.717) is 6.61 Å². The molecule has 0 aromatic carbocycles. The minimum Gasteiger partial charge on any atom is -0.449 e. The summed E-state index contributed by atoms with van der Waals surface area (Å²) in [4.78, 5) is 15.0. The van der Waals surface area contributed by atoms with Crippen molar-refractivity contribution in [2.24, 2.45) is 0 Å². The van der Waals surface area contributed by atoms with Gasteiger partial charge in [-0.3, -0.25) is 0 Å². The van der Waals surface area contributed by atoms with E-state index in [0.717, 1.165) is 25.9 Å². The van der Waals surface area contributed by atoms with Gasteiger partial charge in [0.2, 0.25) is 0 Å². The maximum Gasteiger partial charge on any atom is 0.409 e. The standard InChI is InChI=1S/C10H22N2O2/c1-5-9-14-10(13)12(4)8-6-7-11(2)3/h5-9H2,1-4H3. The Bertz CT molecular complexity index is 160. The number of rotatable bonds is 6. The fraction of sp³-hybridized carbons (Fsp3) is 0.900. The van der Waals surface area contributed by atoms with Gasteiger partial charge < -0.3 is 14.5 Å². The van der Waals surface area contributed by atoms with E-state index >= 15 is 0 Å². The zero-order valence-electron chi connectivity index (χ0n) is 9.75. The van der Waals surface area contributed by atoms with Crippen LogP contribution in [0.1, 0.15) is 19.8 Å². The van der Waals surface area contributed by atoms with Crippen molar-refractivity contribution in [1.29, 1.82) is 0 Å². The van der Waals surface area contributed by atoms with Gasteiger partial charge in [0.15, 0.2) is 0 Å². The third-order valence-electron chi connectivity index (χ3n) is 1.84. The molecule has 0 bridgehead atoms. The predicted octanol–water partition coefficient (Wildman–Crippen LogP) is 1.42. The molecule has 0 unspecified atom stereocenters. The SMILES string of the molecule is CCCOC(=O)N(C)CCCN(C)C. The molecule has 0 fully saturated rings. The third-order valence-corrected chi connectivity index (χ3v) is 1.84. The van der Waals surface area contributed by atoms with Crippen LogP contribution >= 0.6 is 0 Å². The average Bonchev–Trinajstić information content (AvgIpc) is 2.13. The molecule has 0 atom stereocenters. The zero-order valence-corrected chi connectivity index (χ0v) is 9.75. The van der Waals surface area contributed by atoms with Crippen LogP contribution in [0.5, 0.6) is 0 Å². The summed E-state index contributed by atoms with van der Waals surface area (Å²) in [5.74, 6) is 0. The molecule has 0 N–H and O–H groups in total. The van der Waals surface area contributed by atoms with Gasteiger partial charge in [-0.05, 0) is 33.5 Å². The Labute approximate surface area is 86.8 Å². The molecule has 0 saturated carbocycles. The van der Waals surface area contributed by atoms with Crippen molar-refractivity contribution in [3.63, 3.8) is 0 Å². The maximum absolute atomic E-state index is 11.3. The first kappa shape index (κ1) is 13.2. The number of carbonyl (C=O) groups is 1. The van der Waals surface area contributed by atoms with Gasteiger partial charge in [0, 0.05) is 13.6 Å². The molecule has 0 aliphatic rings. The van der Waals surface area contributed by atoms with Crippen molar-refractivity contribution in [2.45, 2.75) is 19.8 Å². The lowest BCUT2D eigenvalue weighted by atomic mass is 10.4. The Morgan fingerprint density at radius 3 is 2.36 bits per heavy atom. The van der Waals surface area contributed by atoms with Crippen LogP contribution in [-0.2, 0) is 4.74 Å². The van der Waals surface area contributed by atoms with Gasteiger partial charge in [0.05, 0.1) is 6.61 Å². The second kappa shape index (κ2) is 7.62. The molecule has 0 aromatic heterocycles. The van der Waals surface area contributed by atoms with Crippen LogP contribution in [-0.4, -0.2) is 56.7 Å². The molecule has 0 aliphatic heterocycles. The first-order valence-electron chi connectivity index (χ1n) is 5.10.